The van der Waals surface area contributed by atoms with Crippen LogP contribution in [0.2, 0.25) is 0 Å². The number of hydrogen-bond donors (Lipinski definition) is 1. The van der Waals surface area contributed by atoms with Gasteiger partial charge >= 0.3 is 5.97 Å². The van der Waals surface area contributed by atoms with Gasteiger partial charge in [-0.3, -0.25) is 4.79 Å². The second-order valence-corrected chi connectivity index (χ2v) is 7.70. The highest BCUT2D eigenvalue weighted by molar-refractivity contribution is 7.91. The van der Waals surface area contributed by atoms with Gasteiger partial charge in [-0.25, -0.2) is 8.42 Å². The number of rotatable bonds is 2. The van der Waals surface area contributed by atoms with Crippen LogP contribution in [0, 0.1) is 17.3 Å². The average Bonchev–Trinajstić information content (AvgIpc) is 2.12. The Morgan fingerprint density at radius 2 is 1.75 bits per heavy atom. The summed E-state index contributed by atoms with van der Waals surface area (Å²) in [5.41, 5.74) is -0.616. The van der Waals surface area contributed by atoms with Crippen molar-refractivity contribution in [2.75, 3.05) is 11.5 Å². The van der Waals surface area contributed by atoms with Gasteiger partial charge in [0, 0.05) is 0 Å². The van der Waals surface area contributed by atoms with E-state index >= 15 is 0 Å². The fraction of sp³-hybridized carbons (Fsp3) is 0.909. The van der Waals surface area contributed by atoms with Crippen molar-refractivity contribution < 1.29 is 18.3 Å². The summed E-state index contributed by atoms with van der Waals surface area (Å²) in [5, 5.41) is 9.33. The zero-order valence-corrected chi connectivity index (χ0v) is 10.3. The Balaban J connectivity index is 2.10. The number of sulfone groups is 1. The minimum atomic E-state index is -2.89. The molecule has 1 saturated carbocycles. The van der Waals surface area contributed by atoms with E-state index in [2.05, 4.69) is 6.92 Å². The van der Waals surface area contributed by atoms with E-state index in [-0.39, 0.29) is 17.4 Å². The molecule has 16 heavy (non-hydrogen) atoms. The van der Waals surface area contributed by atoms with E-state index in [0.717, 1.165) is 0 Å². The third-order valence-electron chi connectivity index (χ3n) is 4.19. The Morgan fingerprint density at radius 1 is 1.25 bits per heavy atom. The second kappa shape index (κ2) is 3.72. The Bertz CT molecular complexity index is 378. The van der Waals surface area contributed by atoms with Crippen LogP contribution >= 0.6 is 0 Å². The van der Waals surface area contributed by atoms with Crippen LogP contribution in [0.15, 0.2) is 0 Å². The van der Waals surface area contributed by atoms with Gasteiger partial charge in [-0.15, -0.1) is 0 Å². The first kappa shape index (κ1) is 11.9. The summed E-state index contributed by atoms with van der Waals surface area (Å²) in [4.78, 5) is 11.4. The molecular formula is C11H18O4S. The number of aliphatic carboxylic acids is 1. The first-order valence-corrected chi connectivity index (χ1v) is 7.62. The van der Waals surface area contributed by atoms with Crippen molar-refractivity contribution in [3.8, 4) is 0 Å². The Hall–Kier alpha value is -0.580. The minimum absolute atomic E-state index is 0.0599. The van der Waals surface area contributed by atoms with Crippen molar-refractivity contribution in [2.24, 2.45) is 17.3 Å². The molecule has 0 aromatic heterocycles. The topological polar surface area (TPSA) is 71.4 Å². The summed E-state index contributed by atoms with van der Waals surface area (Å²) in [7, 11) is -2.89. The van der Waals surface area contributed by atoms with Gasteiger partial charge in [0.25, 0.3) is 0 Å². The van der Waals surface area contributed by atoms with Gasteiger partial charge in [-0.2, -0.15) is 0 Å². The first-order chi connectivity index (χ1) is 7.36. The SMILES string of the molecule is CC1CC(C(=O)O)(C2CCS(=O)(=O)CC2)C1. The van der Waals surface area contributed by atoms with Crippen LogP contribution in [0.5, 0.6) is 0 Å². The fourth-order valence-corrected chi connectivity index (χ4v) is 4.80. The highest BCUT2D eigenvalue weighted by Gasteiger charge is 2.54. The summed E-state index contributed by atoms with van der Waals surface area (Å²) in [6.45, 7) is 2.06. The quantitative estimate of drug-likeness (QED) is 0.797. The highest BCUT2D eigenvalue weighted by Crippen LogP contribution is 2.54. The standard InChI is InChI=1S/C11H18O4S/c1-8-6-11(7-8,10(12)13)9-2-4-16(14,15)5-3-9/h8-9H,2-7H2,1H3,(H,12,13). The Labute approximate surface area is 96.0 Å². The lowest BCUT2D eigenvalue weighted by molar-refractivity contribution is -0.164. The van der Waals surface area contributed by atoms with Crippen LogP contribution in [0.25, 0.3) is 0 Å². The Morgan fingerprint density at radius 3 is 2.12 bits per heavy atom. The van der Waals surface area contributed by atoms with E-state index in [1.807, 2.05) is 0 Å². The van der Waals surface area contributed by atoms with Crippen molar-refractivity contribution in [2.45, 2.75) is 32.6 Å². The summed E-state index contributed by atoms with van der Waals surface area (Å²) in [5.74, 6) is 0.136. The van der Waals surface area contributed by atoms with Gasteiger partial charge in [-0.05, 0) is 37.5 Å². The fourth-order valence-electron chi connectivity index (χ4n) is 3.31. The van der Waals surface area contributed by atoms with Gasteiger partial charge in [0.1, 0.15) is 9.84 Å². The monoisotopic (exact) mass is 246 g/mol. The van der Waals surface area contributed by atoms with E-state index in [1.165, 1.54) is 0 Å². The minimum Gasteiger partial charge on any atom is -0.481 e. The molecule has 0 radical (unpaired) electrons. The molecule has 1 aliphatic heterocycles. The molecule has 0 aromatic carbocycles. The molecule has 0 amide bonds. The van der Waals surface area contributed by atoms with Crippen molar-refractivity contribution in [1.82, 2.24) is 0 Å². The molecule has 2 rings (SSSR count). The van der Waals surface area contributed by atoms with Gasteiger partial charge in [0.2, 0.25) is 0 Å². The lowest BCUT2D eigenvalue weighted by Crippen LogP contribution is -2.50. The van der Waals surface area contributed by atoms with Crippen LogP contribution in [-0.4, -0.2) is 31.0 Å². The zero-order valence-electron chi connectivity index (χ0n) is 9.48. The number of hydrogen-bond acceptors (Lipinski definition) is 3. The molecule has 1 saturated heterocycles. The van der Waals surface area contributed by atoms with Crippen molar-refractivity contribution in [3.05, 3.63) is 0 Å². The molecule has 5 heteroatoms. The van der Waals surface area contributed by atoms with Crippen LogP contribution in [0.1, 0.15) is 32.6 Å². The predicted octanol–water partition coefficient (Wildman–Crippen LogP) is 1.31. The maximum absolute atomic E-state index is 11.4. The molecule has 0 atom stereocenters. The van der Waals surface area contributed by atoms with Gasteiger partial charge in [0.15, 0.2) is 0 Å². The van der Waals surface area contributed by atoms with Crippen LogP contribution in [0.3, 0.4) is 0 Å². The van der Waals surface area contributed by atoms with E-state index in [9.17, 15) is 18.3 Å². The molecule has 2 fully saturated rings. The van der Waals surface area contributed by atoms with E-state index in [1.54, 1.807) is 0 Å². The summed E-state index contributed by atoms with van der Waals surface area (Å²) >= 11 is 0. The third-order valence-corrected chi connectivity index (χ3v) is 5.90. The number of carbonyl (C=O) groups is 1. The molecule has 0 aromatic rings. The summed E-state index contributed by atoms with van der Waals surface area (Å²) in [6, 6.07) is 0. The smallest absolute Gasteiger partial charge is 0.309 e. The second-order valence-electron chi connectivity index (χ2n) is 5.40. The van der Waals surface area contributed by atoms with Crippen LogP contribution < -0.4 is 0 Å². The summed E-state index contributed by atoms with van der Waals surface area (Å²) < 4.78 is 22.6. The molecule has 0 spiro atoms. The highest BCUT2D eigenvalue weighted by atomic mass is 32.2. The maximum Gasteiger partial charge on any atom is 0.309 e. The van der Waals surface area contributed by atoms with Gasteiger partial charge in [0.05, 0.1) is 16.9 Å². The normalized spacial score (nSPS) is 38.9. The van der Waals surface area contributed by atoms with E-state index in [4.69, 9.17) is 0 Å². The van der Waals surface area contributed by atoms with Crippen molar-refractivity contribution in [1.29, 1.82) is 0 Å². The molecule has 0 bridgehead atoms. The predicted molar refractivity (Wildman–Crippen MR) is 59.8 cm³/mol. The van der Waals surface area contributed by atoms with Gasteiger partial charge < -0.3 is 5.11 Å². The molecule has 2 aliphatic rings. The first-order valence-electron chi connectivity index (χ1n) is 5.79. The number of carboxylic acid groups (broad SMARTS) is 1. The molecule has 1 N–H and O–H groups in total. The number of carboxylic acids is 1. The van der Waals surface area contributed by atoms with Crippen molar-refractivity contribution >= 4 is 15.8 Å². The van der Waals surface area contributed by atoms with Gasteiger partial charge in [-0.1, -0.05) is 6.92 Å². The molecule has 4 nitrogen and oxygen atoms in total. The zero-order chi connectivity index (χ0) is 12.0. The van der Waals surface area contributed by atoms with Crippen molar-refractivity contribution in [3.63, 3.8) is 0 Å². The van der Waals surface area contributed by atoms with Crippen LogP contribution in [-0.2, 0) is 14.6 Å². The van der Waals surface area contributed by atoms with E-state index in [0.29, 0.717) is 31.6 Å². The molecule has 92 valence electrons. The molecule has 0 unspecified atom stereocenters. The molecule has 1 heterocycles. The Kier molecular flexibility index (Phi) is 2.77. The van der Waals surface area contributed by atoms with Crippen LogP contribution in [0.4, 0.5) is 0 Å². The third kappa shape index (κ3) is 1.85. The largest absolute Gasteiger partial charge is 0.481 e. The average molecular weight is 246 g/mol. The van der Waals surface area contributed by atoms with E-state index < -0.39 is 21.2 Å². The lowest BCUT2D eigenvalue weighted by atomic mass is 9.55. The maximum atomic E-state index is 11.4. The summed E-state index contributed by atoms with van der Waals surface area (Å²) in [6.07, 6.45) is 2.49. The lowest BCUT2D eigenvalue weighted by Gasteiger charge is -2.49. The molecular weight excluding hydrogens is 228 g/mol. The molecule has 1 aliphatic carbocycles.